The Kier molecular flexibility index (Phi) is 8.68. The first-order chi connectivity index (χ1) is 15.7. The van der Waals surface area contributed by atoms with Crippen molar-refractivity contribution in [3.05, 3.63) is 28.5 Å². The number of anilines is 1. The van der Waals surface area contributed by atoms with Crippen LogP contribution in [0.1, 0.15) is 80.7 Å². The Morgan fingerprint density at radius 1 is 1.18 bits per heavy atom. The van der Waals surface area contributed by atoms with Crippen LogP contribution in [-0.2, 0) is 6.18 Å². The molecule has 2 rings (SSSR count). The molecule has 0 aliphatic carbocycles. The molecule has 2 heterocycles. The molecule has 2 aromatic rings. The maximum atomic E-state index is 14.1. The first-order valence-corrected chi connectivity index (χ1v) is 12.0. The lowest BCUT2D eigenvalue weighted by molar-refractivity contribution is -0.137. The van der Waals surface area contributed by atoms with Crippen LogP contribution in [0, 0.1) is 0 Å². The van der Waals surface area contributed by atoms with E-state index in [0.717, 1.165) is 23.6 Å². The van der Waals surface area contributed by atoms with Gasteiger partial charge in [0.1, 0.15) is 11.5 Å². The highest BCUT2D eigenvalue weighted by molar-refractivity contribution is 7.17. The smallest absolute Gasteiger partial charge is 0.365 e. The normalized spacial score (nSPS) is 12.1. The summed E-state index contributed by atoms with van der Waals surface area (Å²) in [6.07, 6.45) is -2.97. The first kappa shape index (κ1) is 27.6. The number of pyridine rings is 1. The number of alkyl halides is 3. The molecule has 0 aromatic carbocycles. The van der Waals surface area contributed by atoms with Gasteiger partial charge in [0.15, 0.2) is 5.01 Å². The SMILES string of the molecule is CCCN(C(=O)c1nc(C(=O)NCC)sc1-c1cnc(NC(C)(C)C)cc1C(F)(F)F)C(C)C. The van der Waals surface area contributed by atoms with Crippen LogP contribution in [0.2, 0.25) is 0 Å². The Labute approximate surface area is 202 Å². The second-order valence-electron chi connectivity index (χ2n) is 9.14. The predicted molar refractivity (Wildman–Crippen MR) is 128 cm³/mol. The molecule has 0 radical (unpaired) electrons. The molecule has 0 spiro atoms. The fraction of sp³-hybridized carbons (Fsp3) is 0.565. The van der Waals surface area contributed by atoms with Crippen molar-refractivity contribution >= 4 is 29.0 Å². The van der Waals surface area contributed by atoms with Crippen molar-refractivity contribution in [3.63, 3.8) is 0 Å². The van der Waals surface area contributed by atoms with Gasteiger partial charge in [0.2, 0.25) is 0 Å². The largest absolute Gasteiger partial charge is 0.417 e. The van der Waals surface area contributed by atoms with E-state index >= 15 is 0 Å². The summed E-state index contributed by atoms with van der Waals surface area (Å²) in [5.74, 6) is -1.02. The van der Waals surface area contributed by atoms with Crippen molar-refractivity contribution in [2.45, 2.75) is 72.6 Å². The Bertz CT molecular complexity index is 1030. The number of aromatic nitrogens is 2. The van der Waals surface area contributed by atoms with Gasteiger partial charge in [-0.05, 0) is 54.0 Å². The molecule has 0 fully saturated rings. The molecule has 11 heteroatoms. The van der Waals surface area contributed by atoms with Crippen LogP contribution in [-0.4, -0.2) is 51.4 Å². The van der Waals surface area contributed by atoms with Gasteiger partial charge >= 0.3 is 6.18 Å². The zero-order valence-electron chi connectivity index (χ0n) is 20.6. The molecule has 34 heavy (non-hydrogen) atoms. The van der Waals surface area contributed by atoms with E-state index in [1.165, 1.54) is 4.90 Å². The van der Waals surface area contributed by atoms with Gasteiger partial charge in [-0.1, -0.05) is 6.92 Å². The minimum Gasteiger partial charge on any atom is -0.365 e. The summed E-state index contributed by atoms with van der Waals surface area (Å²) >= 11 is 0.754. The van der Waals surface area contributed by atoms with Crippen LogP contribution >= 0.6 is 11.3 Å². The third-order valence-corrected chi connectivity index (χ3v) is 5.75. The molecule has 0 aliphatic rings. The Morgan fingerprint density at radius 2 is 1.82 bits per heavy atom. The molecule has 2 N–H and O–H groups in total. The number of nitrogens with one attached hydrogen (secondary N) is 2. The van der Waals surface area contributed by atoms with E-state index in [0.29, 0.717) is 19.5 Å². The number of amides is 2. The van der Waals surface area contributed by atoms with Crippen molar-refractivity contribution in [1.29, 1.82) is 0 Å². The highest BCUT2D eigenvalue weighted by Crippen LogP contribution is 2.42. The summed E-state index contributed by atoms with van der Waals surface area (Å²) in [5.41, 5.74) is -1.94. The molecule has 0 saturated carbocycles. The molecule has 0 atom stereocenters. The minimum atomic E-state index is -4.72. The second-order valence-corrected chi connectivity index (χ2v) is 10.1. The van der Waals surface area contributed by atoms with E-state index in [1.807, 2.05) is 41.5 Å². The standard InChI is InChI=1S/C23H32F3N5O2S/c1-8-10-31(13(3)4)21(33)17-18(34-20(29-17)19(32)27-9-2)14-12-28-16(30-22(5,6)7)11-15(14)23(24,25)26/h11-13H,8-10H2,1-7H3,(H,27,32)(H,28,30). The van der Waals surface area contributed by atoms with Crippen molar-refractivity contribution in [2.75, 3.05) is 18.4 Å². The van der Waals surface area contributed by atoms with Gasteiger partial charge in [0.25, 0.3) is 11.8 Å². The van der Waals surface area contributed by atoms with Gasteiger partial charge in [-0.3, -0.25) is 9.59 Å². The number of halogens is 3. The summed E-state index contributed by atoms with van der Waals surface area (Å²) < 4.78 is 42.4. The molecule has 2 amide bonds. The van der Waals surface area contributed by atoms with Gasteiger partial charge in [-0.25, -0.2) is 9.97 Å². The summed E-state index contributed by atoms with van der Waals surface area (Å²) in [4.78, 5) is 35.7. The van der Waals surface area contributed by atoms with Gasteiger partial charge < -0.3 is 15.5 Å². The van der Waals surface area contributed by atoms with Crippen LogP contribution < -0.4 is 10.6 Å². The van der Waals surface area contributed by atoms with E-state index in [4.69, 9.17) is 0 Å². The summed E-state index contributed by atoms with van der Waals surface area (Å²) in [6.45, 7) is 13.4. The lowest BCUT2D eigenvalue weighted by atomic mass is 10.0. The number of nitrogens with zero attached hydrogens (tertiary/aromatic N) is 3. The van der Waals surface area contributed by atoms with Gasteiger partial charge in [-0.15, -0.1) is 11.3 Å². The molecule has 0 unspecified atom stereocenters. The number of carbonyl (C=O) groups excluding carboxylic acids is 2. The second kappa shape index (κ2) is 10.7. The number of hydrogen-bond donors (Lipinski definition) is 2. The fourth-order valence-electron chi connectivity index (χ4n) is 3.28. The molecule has 7 nitrogen and oxygen atoms in total. The van der Waals surface area contributed by atoms with Crippen molar-refractivity contribution in [1.82, 2.24) is 20.2 Å². The Morgan fingerprint density at radius 3 is 2.32 bits per heavy atom. The van der Waals surface area contributed by atoms with E-state index in [-0.39, 0.29) is 33.0 Å². The number of thiazole rings is 1. The lowest BCUT2D eigenvalue weighted by Gasteiger charge is -2.26. The lowest BCUT2D eigenvalue weighted by Crippen LogP contribution is -2.38. The van der Waals surface area contributed by atoms with Crippen LogP contribution in [0.5, 0.6) is 0 Å². The highest BCUT2D eigenvalue weighted by Gasteiger charge is 2.37. The zero-order valence-corrected chi connectivity index (χ0v) is 21.4. The number of hydrogen-bond acceptors (Lipinski definition) is 6. The van der Waals surface area contributed by atoms with Crippen LogP contribution in [0.3, 0.4) is 0 Å². The maximum Gasteiger partial charge on any atom is 0.417 e. The quantitative estimate of drug-likeness (QED) is 0.505. The average molecular weight is 500 g/mol. The molecule has 188 valence electrons. The molecule has 0 aliphatic heterocycles. The number of rotatable bonds is 8. The monoisotopic (exact) mass is 499 g/mol. The Hall–Kier alpha value is -2.69. The highest BCUT2D eigenvalue weighted by atomic mass is 32.1. The Balaban J connectivity index is 2.75. The van der Waals surface area contributed by atoms with Crippen LogP contribution in [0.4, 0.5) is 19.0 Å². The molecular weight excluding hydrogens is 467 g/mol. The maximum absolute atomic E-state index is 14.1. The third-order valence-electron chi connectivity index (χ3n) is 4.67. The van der Waals surface area contributed by atoms with Crippen LogP contribution in [0.25, 0.3) is 10.4 Å². The minimum absolute atomic E-state index is 0.0323. The zero-order chi connectivity index (χ0) is 25.8. The van der Waals surface area contributed by atoms with Crippen molar-refractivity contribution < 1.29 is 22.8 Å². The average Bonchev–Trinajstić information content (AvgIpc) is 3.15. The summed E-state index contributed by atoms with van der Waals surface area (Å²) in [7, 11) is 0. The predicted octanol–water partition coefficient (Wildman–Crippen LogP) is 5.44. The van der Waals surface area contributed by atoms with E-state index in [1.54, 1.807) is 6.92 Å². The fourth-order valence-corrected chi connectivity index (χ4v) is 4.27. The van der Waals surface area contributed by atoms with E-state index in [9.17, 15) is 22.8 Å². The summed E-state index contributed by atoms with van der Waals surface area (Å²) in [6, 6.07) is 0.723. The first-order valence-electron chi connectivity index (χ1n) is 11.1. The number of carbonyl (C=O) groups is 2. The molecule has 2 aromatic heterocycles. The van der Waals surface area contributed by atoms with Crippen molar-refractivity contribution in [2.24, 2.45) is 0 Å². The van der Waals surface area contributed by atoms with Gasteiger partial charge in [0, 0.05) is 36.4 Å². The van der Waals surface area contributed by atoms with Crippen LogP contribution in [0.15, 0.2) is 12.3 Å². The van der Waals surface area contributed by atoms with Gasteiger partial charge in [0.05, 0.1) is 10.4 Å². The topological polar surface area (TPSA) is 87.2 Å². The molecular formula is C23H32F3N5O2S. The molecule has 0 bridgehead atoms. The summed E-state index contributed by atoms with van der Waals surface area (Å²) in [5, 5.41) is 5.44. The van der Waals surface area contributed by atoms with E-state index < -0.39 is 29.1 Å². The van der Waals surface area contributed by atoms with Gasteiger partial charge in [-0.2, -0.15) is 13.2 Å². The molecule has 0 saturated heterocycles. The van der Waals surface area contributed by atoms with E-state index in [2.05, 4.69) is 20.6 Å². The van der Waals surface area contributed by atoms with Crippen molar-refractivity contribution in [3.8, 4) is 10.4 Å². The third kappa shape index (κ3) is 6.68.